The Bertz CT molecular complexity index is 3170. The monoisotopic (exact) mass is 810 g/mol. The normalized spacial score (nSPS) is 14.7. The molecular weight excluding hydrogens is 765 g/mol. The van der Waals surface area contributed by atoms with Crippen LogP contribution in [0.25, 0.3) is 83.5 Å². The van der Waals surface area contributed by atoms with E-state index >= 15 is 0 Å². The van der Waals surface area contributed by atoms with Gasteiger partial charge in [0.2, 0.25) is 0 Å². The number of para-hydroxylation sites is 2. The van der Waals surface area contributed by atoms with E-state index in [-0.39, 0.29) is 5.41 Å². The van der Waals surface area contributed by atoms with E-state index < -0.39 is 0 Å². The van der Waals surface area contributed by atoms with Gasteiger partial charge in [-0.3, -0.25) is 9.98 Å². The molecule has 0 saturated heterocycles. The lowest BCUT2D eigenvalue weighted by molar-refractivity contribution is 0.346. The first kappa shape index (κ1) is 38.4. The van der Waals surface area contributed by atoms with Crippen molar-refractivity contribution in [3.8, 4) is 56.0 Å². The van der Waals surface area contributed by atoms with Gasteiger partial charge in [0.25, 0.3) is 0 Å². The molecule has 0 spiro atoms. The lowest BCUT2D eigenvalue weighted by atomic mass is 9.65. The first-order valence-corrected chi connectivity index (χ1v) is 22.2. The smallest absolute Gasteiger partial charge is 0.0716 e. The van der Waals surface area contributed by atoms with Crippen LogP contribution in [0.3, 0.4) is 0 Å². The molecule has 3 aromatic heterocycles. The lowest BCUT2D eigenvalue weighted by Gasteiger charge is -2.39. The number of hydrogen-bond donors (Lipinski definition) is 0. The summed E-state index contributed by atoms with van der Waals surface area (Å²) >= 11 is 0. The first-order valence-electron chi connectivity index (χ1n) is 22.2. The fourth-order valence-electron chi connectivity index (χ4n) is 9.77. The molecule has 302 valence electrons. The molecule has 2 aliphatic rings. The summed E-state index contributed by atoms with van der Waals surface area (Å²) in [4.78, 5) is 19.6. The predicted octanol–water partition coefficient (Wildman–Crippen LogP) is 15.1. The van der Waals surface area contributed by atoms with Gasteiger partial charge < -0.3 is 0 Å². The number of fused-ring (bicyclic) bond motifs is 2. The number of aromatic nitrogens is 3. The number of benzene rings is 6. The van der Waals surface area contributed by atoms with E-state index in [1.54, 1.807) is 0 Å². The van der Waals surface area contributed by atoms with Crippen molar-refractivity contribution in [2.24, 2.45) is 4.99 Å². The maximum Gasteiger partial charge on any atom is 0.0716 e. The van der Waals surface area contributed by atoms with E-state index in [4.69, 9.17) is 15.0 Å². The first-order chi connectivity index (χ1) is 31.2. The van der Waals surface area contributed by atoms with E-state index in [9.17, 15) is 0 Å². The topological polar surface area (TPSA) is 51.0 Å². The minimum Gasteiger partial charge on any atom is -0.260 e. The fraction of sp³-hybridized carbons (Fsp3) is 0.119. The number of rotatable bonds is 8. The van der Waals surface area contributed by atoms with Crippen LogP contribution in [0.5, 0.6) is 0 Å². The Hall–Kier alpha value is -7.56. The second-order valence-electron chi connectivity index (χ2n) is 16.8. The second kappa shape index (κ2) is 16.7. The number of allylic oxidation sites excluding steroid dienone is 3. The van der Waals surface area contributed by atoms with Crippen LogP contribution in [0.4, 0.5) is 0 Å². The Morgan fingerprint density at radius 1 is 0.429 bits per heavy atom. The highest BCUT2D eigenvalue weighted by Gasteiger charge is 2.35. The molecule has 1 aliphatic heterocycles. The highest BCUT2D eigenvalue weighted by molar-refractivity contribution is 5.97. The highest BCUT2D eigenvalue weighted by atomic mass is 14.8. The lowest BCUT2D eigenvalue weighted by Crippen LogP contribution is -2.30. The molecule has 1 aliphatic carbocycles. The third-order valence-corrected chi connectivity index (χ3v) is 13.1. The fourth-order valence-corrected chi connectivity index (χ4v) is 9.77. The van der Waals surface area contributed by atoms with Gasteiger partial charge in [-0.05, 0) is 88.7 Å². The minimum atomic E-state index is 0.00216. The number of hydrogen-bond acceptors (Lipinski definition) is 4. The molecule has 9 aromatic rings. The van der Waals surface area contributed by atoms with Gasteiger partial charge in [-0.25, -0.2) is 9.97 Å². The predicted molar refractivity (Wildman–Crippen MR) is 263 cm³/mol. The van der Waals surface area contributed by atoms with Crippen LogP contribution in [0.2, 0.25) is 0 Å². The van der Waals surface area contributed by atoms with Gasteiger partial charge in [0, 0.05) is 57.3 Å². The third-order valence-electron chi connectivity index (χ3n) is 13.1. The summed E-state index contributed by atoms with van der Waals surface area (Å²) in [6.45, 7) is 0. The van der Waals surface area contributed by atoms with E-state index in [1.165, 1.54) is 52.6 Å². The van der Waals surface area contributed by atoms with Crippen molar-refractivity contribution in [1.82, 2.24) is 15.0 Å². The number of aliphatic imine (C=N–C) groups is 1. The molecule has 11 rings (SSSR count). The maximum atomic E-state index is 5.08. The van der Waals surface area contributed by atoms with Crippen LogP contribution >= 0.6 is 0 Å². The molecule has 0 amide bonds. The molecule has 4 heteroatoms. The van der Waals surface area contributed by atoms with Crippen molar-refractivity contribution >= 4 is 33.7 Å². The maximum absolute atomic E-state index is 5.08. The molecule has 63 heavy (non-hydrogen) atoms. The Morgan fingerprint density at radius 2 is 0.921 bits per heavy atom. The molecule has 0 atom stereocenters. The summed E-state index contributed by atoms with van der Waals surface area (Å²) in [7, 11) is 0. The Kier molecular flexibility index (Phi) is 10.2. The van der Waals surface area contributed by atoms with Crippen molar-refractivity contribution in [2.45, 2.75) is 43.9 Å². The van der Waals surface area contributed by atoms with Crippen LogP contribution in [0.1, 0.15) is 55.2 Å². The molecule has 0 bridgehead atoms. The minimum absolute atomic E-state index is 0.00216. The van der Waals surface area contributed by atoms with Crippen LogP contribution in [0, 0.1) is 0 Å². The molecule has 4 heterocycles. The van der Waals surface area contributed by atoms with Gasteiger partial charge >= 0.3 is 0 Å². The summed E-state index contributed by atoms with van der Waals surface area (Å²) in [6, 6.07) is 63.6. The molecule has 0 unspecified atom stereocenters. The molecule has 0 N–H and O–H groups in total. The van der Waals surface area contributed by atoms with Crippen molar-refractivity contribution < 1.29 is 0 Å². The van der Waals surface area contributed by atoms with Gasteiger partial charge in [-0.15, -0.1) is 0 Å². The molecular formula is C59H46N4. The van der Waals surface area contributed by atoms with Crippen molar-refractivity contribution in [3.05, 3.63) is 217 Å². The zero-order valence-electron chi connectivity index (χ0n) is 35.2. The van der Waals surface area contributed by atoms with Gasteiger partial charge in [0.1, 0.15) is 0 Å². The number of pyridine rings is 3. The molecule has 4 nitrogen and oxygen atoms in total. The van der Waals surface area contributed by atoms with E-state index in [1.807, 2.05) is 30.6 Å². The van der Waals surface area contributed by atoms with Crippen LogP contribution in [0.15, 0.2) is 205 Å². The summed E-state index contributed by atoms with van der Waals surface area (Å²) < 4.78 is 0. The third kappa shape index (κ3) is 7.48. The average molecular weight is 811 g/mol. The zero-order chi connectivity index (χ0) is 42.0. The second-order valence-corrected chi connectivity index (χ2v) is 16.8. The van der Waals surface area contributed by atoms with Crippen molar-refractivity contribution in [2.75, 3.05) is 0 Å². The number of nitrogens with zero attached hydrogens (tertiary/aromatic N) is 4. The quantitative estimate of drug-likeness (QED) is 0.154. The van der Waals surface area contributed by atoms with E-state index in [2.05, 4.69) is 181 Å². The summed E-state index contributed by atoms with van der Waals surface area (Å²) in [6.07, 6.45) is 17.1. The van der Waals surface area contributed by atoms with Gasteiger partial charge in [0.05, 0.1) is 33.8 Å². The van der Waals surface area contributed by atoms with Gasteiger partial charge in [-0.1, -0.05) is 171 Å². The van der Waals surface area contributed by atoms with Gasteiger partial charge in [0.15, 0.2) is 0 Å². The SMILES string of the molecule is C1=CCC=NC(c2cc(-c3ccc(-c4ccc(C5(c6ccc(-c7ccc(-c8cc(-c9ccccn9)c9ccccc9n8)cc7)cc6)CCCCC5)cc4)cc3)nc3ccccc23)=C1. The summed E-state index contributed by atoms with van der Waals surface area (Å²) in [5, 5.41) is 2.22. The van der Waals surface area contributed by atoms with Gasteiger partial charge in [-0.2, -0.15) is 0 Å². The molecule has 1 fully saturated rings. The largest absolute Gasteiger partial charge is 0.260 e. The standard InChI is InChI=1S/C59H46N4/c1-3-15-53(60-37-11-1)51-39-57(62-55-17-6-4-13-49(51)55)45-23-19-41(20-24-45)43-27-31-47(32-28-43)59(35-9-2-10-36-59)48-33-29-44(30-34-48)42-21-25-46(26-22-42)58-40-52(54-16-8-12-38-61-54)50-14-5-7-18-56(50)63-58/h1,3-8,12-34,37-40H,2,9-11,35-36H2. The van der Waals surface area contributed by atoms with E-state index in [0.717, 1.165) is 86.1 Å². The van der Waals surface area contributed by atoms with Crippen LogP contribution in [-0.4, -0.2) is 21.2 Å². The highest BCUT2D eigenvalue weighted by Crippen LogP contribution is 2.46. The summed E-state index contributed by atoms with van der Waals surface area (Å²) in [5.74, 6) is 0. The summed E-state index contributed by atoms with van der Waals surface area (Å²) in [5.41, 5.74) is 17.8. The average Bonchev–Trinajstić information content (AvgIpc) is 3.66. The van der Waals surface area contributed by atoms with Crippen LogP contribution in [-0.2, 0) is 5.41 Å². The molecule has 6 aromatic carbocycles. The van der Waals surface area contributed by atoms with E-state index in [0.29, 0.717) is 0 Å². The Balaban J connectivity index is 0.842. The van der Waals surface area contributed by atoms with Crippen molar-refractivity contribution in [3.63, 3.8) is 0 Å². The molecule has 0 radical (unpaired) electrons. The molecule has 1 saturated carbocycles. The van der Waals surface area contributed by atoms with Crippen LogP contribution < -0.4 is 0 Å². The zero-order valence-corrected chi connectivity index (χ0v) is 35.2. The van der Waals surface area contributed by atoms with Crippen molar-refractivity contribution in [1.29, 1.82) is 0 Å². The Labute approximate surface area is 369 Å². The Morgan fingerprint density at radius 3 is 1.48 bits per heavy atom.